The number of carbonyl (C=O) groups excluding carboxylic acids is 1. The second kappa shape index (κ2) is 5.90. The van der Waals surface area contributed by atoms with Crippen LogP contribution in [0.5, 0.6) is 5.75 Å². The number of rotatable bonds is 5. The first-order valence-electron chi connectivity index (χ1n) is 4.89. The minimum absolute atomic E-state index is 0.0165. The fourth-order valence-electron chi connectivity index (χ4n) is 1.40. The van der Waals surface area contributed by atoms with Gasteiger partial charge in [-0.05, 0) is 30.2 Å². The molecule has 0 radical (unpaired) electrons. The highest BCUT2D eigenvalue weighted by Gasteiger charge is 2.12. The summed E-state index contributed by atoms with van der Waals surface area (Å²) in [6.07, 6.45) is 2.50. The molecule has 0 aromatic heterocycles. The summed E-state index contributed by atoms with van der Waals surface area (Å²) in [5.74, 6) is -1.44. The molecule has 0 saturated carbocycles. The van der Waals surface area contributed by atoms with E-state index in [-0.39, 0.29) is 11.3 Å². The Hall–Kier alpha value is -2.24. The van der Waals surface area contributed by atoms with E-state index in [0.717, 1.165) is 6.08 Å². The summed E-state index contributed by atoms with van der Waals surface area (Å²) in [6.45, 7) is -1.51. The van der Waals surface area contributed by atoms with E-state index in [1.165, 1.54) is 18.2 Å². The maximum Gasteiger partial charge on any atom is 0.387 e. The maximum absolute atomic E-state index is 12.2. The van der Waals surface area contributed by atoms with Crippen LogP contribution in [0.4, 0.5) is 8.78 Å². The van der Waals surface area contributed by atoms with Gasteiger partial charge in [-0.1, -0.05) is 6.07 Å². The van der Waals surface area contributed by atoms with Gasteiger partial charge < -0.3 is 9.84 Å². The highest BCUT2D eigenvalue weighted by Crippen LogP contribution is 2.25. The molecule has 0 saturated heterocycles. The number of aliphatic carboxylic acids is 1. The Morgan fingerprint density at radius 3 is 2.61 bits per heavy atom. The summed E-state index contributed by atoms with van der Waals surface area (Å²) in [4.78, 5) is 21.1. The first-order chi connectivity index (χ1) is 8.43. The van der Waals surface area contributed by atoms with Crippen LogP contribution in [0.2, 0.25) is 0 Å². The molecule has 0 atom stereocenters. The third kappa shape index (κ3) is 3.65. The van der Waals surface area contributed by atoms with Crippen LogP contribution < -0.4 is 4.74 Å². The zero-order valence-electron chi connectivity index (χ0n) is 9.39. The molecule has 4 nitrogen and oxygen atoms in total. The molecule has 0 aliphatic carbocycles. The lowest BCUT2D eigenvalue weighted by atomic mass is 10.0. The number of hydrogen-bond donors (Lipinski definition) is 1. The number of halogens is 2. The molecule has 0 heterocycles. The molecule has 0 amide bonds. The van der Waals surface area contributed by atoms with Crippen molar-refractivity contribution < 1.29 is 28.2 Å². The topological polar surface area (TPSA) is 63.6 Å². The van der Waals surface area contributed by atoms with E-state index in [4.69, 9.17) is 5.11 Å². The van der Waals surface area contributed by atoms with Crippen LogP contribution in [0.15, 0.2) is 18.2 Å². The van der Waals surface area contributed by atoms with Gasteiger partial charge in [0.1, 0.15) is 5.75 Å². The van der Waals surface area contributed by atoms with Crippen molar-refractivity contribution in [1.82, 2.24) is 0 Å². The summed E-state index contributed by atoms with van der Waals surface area (Å²) in [5, 5.41) is 8.47. The van der Waals surface area contributed by atoms with Crippen molar-refractivity contribution in [2.24, 2.45) is 0 Å². The number of ether oxygens (including phenoxy) is 1. The second-order valence-corrected chi connectivity index (χ2v) is 3.42. The molecule has 0 aliphatic rings. The molecule has 1 rings (SSSR count). The summed E-state index contributed by atoms with van der Waals surface area (Å²) >= 11 is 0. The van der Waals surface area contributed by atoms with Gasteiger partial charge in [-0.2, -0.15) is 8.78 Å². The standard InChI is InChI=1S/C12H10F2O4/c1-7-4-8(2-3-11(16)17)5-10(9(7)6-15)18-12(13)14/h2-6,12H,1H3,(H,16,17)/b3-2+. The molecule has 18 heavy (non-hydrogen) atoms. The van der Waals surface area contributed by atoms with E-state index in [1.54, 1.807) is 6.92 Å². The van der Waals surface area contributed by atoms with Gasteiger partial charge in [0.05, 0.1) is 5.56 Å². The second-order valence-electron chi connectivity index (χ2n) is 3.42. The molecular weight excluding hydrogens is 246 g/mol. The highest BCUT2D eigenvalue weighted by atomic mass is 19.3. The first-order valence-corrected chi connectivity index (χ1v) is 4.89. The van der Waals surface area contributed by atoms with Crippen LogP contribution in [0, 0.1) is 6.92 Å². The van der Waals surface area contributed by atoms with Gasteiger partial charge in [0.25, 0.3) is 0 Å². The fourth-order valence-corrected chi connectivity index (χ4v) is 1.40. The van der Waals surface area contributed by atoms with Gasteiger partial charge in [0, 0.05) is 6.08 Å². The Bertz CT molecular complexity index is 495. The Balaban J connectivity index is 3.20. The summed E-state index contributed by atoms with van der Waals surface area (Å²) in [5.41, 5.74) is 0.798. The highest BCUT2D eigenvalue weighted by molar-refractivity contribution is 5.87. The van der Waals surface area contributed by atoms with E-state index in [0.29, 0.717) is 17.4 Å². The van der Waals surface area contributed by atoms with Crippen LogP contribution in [0.3, 0.4) is 0 Å². The molecule has 0 spiro atoms. The van der Waals surface area contributed by atoms with Crippen molar-refractivity contribution in [3.05, 3.63) is 34.9 Å². The number of carboxylic acids is 1. The first kappa shape index (κ1) is 13.8. The van der Waals surface area contributed by atoms with Crippen molar-refractivity contribution in [2.45, 2.75) is 13.5 Å². The number of carboxylic acid groups (broad SMARTS) is 1. The van der Waals surface area contributed by atoms with Gasteiger partial charge in [-0.25, -0.2) is 4.79 Å². The monoisotopic (exact) mass is 256 g/mol. The zero-order chi connectivity index (χ0) is 13.7. The fraction of sp³-hybridized carbons (Fsp3) is 0.167. The van der Waals surface area contributed by atoms with Crippen molar-refractivity contribution >= 4 is 18.3 Å². The molecule has 6 heteroatoms. The Morgan fingerprint density at radius 1 is 1.44 bits per heavy atom. The SMILES string of the molecule is Cc1cc(/C=C/C(=O)O)cc(OC(F)F)c1C=O. The molecule has 0 unspecified atom stereocenters. The Kier molecular flexibility index (Phi) is 4.53. The van der Waals surface area contributed by atoms with E-state index in [1.807, 2.05) is 0 Å². The molecule has 0 bridgehead atoms. The maximum atomic E-state index is 12.2. The van der Waals surface area contributed by atoms with Crippen LogP contribution in [0.1, 0.15) is 21.5 Å². The van der Waals surface area contributed by atoms with E-state index < -0.39 is 12.6 Å². The van der Waals surface area contributed by atoms with Crippen LogP contribution in [-0.4, -0.2) is 24.0 Å². The Morgan fingerprint density at radius 2 is 2.11 bits per heavy atom. The van der Waals surface area contributed by atoms with Crippen molar-refractivity contribution in [2.75, 3.05) is 0 Å². The Labute approximate surface area is 101 Å². The van der Waals surface area contributed by atoms with E-state index >= 15 is 0 Å². The van der Waals surface area contributed by atoms with Gasteiger partial charge in [-0.15, -0.1) is 0 Å². The predicted molar refractivity (Wildman–Crippen MR) is 59.9 cm³/mol. The van der Waals surface area contributed by atoms with Crippen LogP contribution in [0.25, 0.3) is 6.08 Å². The number of hydrogen-bond acceptors (Lipinski definition) is 3. The van der Waals surface area contributed by atoms with E-state index in [9.17, 15) is 18.4 Å². The quantitative estimate of drug-likeness (QED) is 0.649. The lowest BCUT2D eigenvalue weighted by Crippen LogP contribution is -2.05. The van der Waals surface area contributed by atoms with Gasteiger partial charge >= 0.3 is 12.6 Å². The normalized spacial score (nSPS) is 10.9. The average Bonchev–Trinajstić information content (AvgIpc) is 2.25. The lowest BCUT2D eigenvalue weighted by Gasteiger charge is -2.10. The van der Waals surface area contributed by atoms with Crippen LogP contribution in [-0.2, 0) is 4.79 Å². The smallest absolute Gasteiger partial charge is 0.387 e. The molecule has 0 fully saturated rings. The largest absolute Gasteiger partial charge is 0.478 e. The third-order valence-electron chi connectivity index (χ3n) is 2.12. The van der Waals surface area contributed by atoms with Gasteiger partial charge in [0.15, 0.2) is 6.29 Å². The van der Waals surface area contributed by atoms with E-state index in [2.05, 4.69) is 4.74 Å². The van der Waals surface area contributed by atoms with Gasteiger partial charge in [0.2, 0.25) is 0 Å². The number of aryl methyl sites for hydroxylation is 1. The van der Waals surface area contributed by atoms with Crippen molar-refractivity contribution in [3.8, 4) is 5.75 Å². The summed E-state index contributed by atoms with van der Waals surface area (Å²) in [7, 11) is 0. The predicted octanol–water partition coefficient (Wildman–Crippen LogP) is 2.51. The summed E-state index contributed by atoms with van der Waals surface area (Å²) in [6, 6.07) is 2.68. The molecule has 1 aromatic carbocycles. The third-order valence-corrected chi connectivity index (χ3v) is 2.12. The number of benzene rings is 1. The minimum Gasteiger partial charge on any atom is -0.478 e. The van der Waals surface area contributed by atoms with Crippen molar-refractivity contribution in [1.29, 1.82) is 0 Å². The van der Waals surface area contributed by atoms with Crippen molar-refractivity contribution in [3.63, 3.8) is 0 Å². The molecule has 0 aliphatic heterocycles. The lowest BCUT2D eigenvalue weighted by molar-refractivity contribution is -0.131. The number of carbonyl (C=O) groups is 2. The number of aldehydes is 1. The molecule has 1 aromatic rings. The minimum atomic E-state index is -3.05. The zero-order valence-corrected chi connectivity index (χ0v) is 9.39. The molecule has 1 N–H and O–H groups in total. The molecule has 96 valence electrons. The average molecular weight is 256 g/mol. The van der Waals surface area contributed by atoms with Crippen LogP contribution >= 0.6 is 0 Å². The molecular formula is C12H10F2O4. The number of alkyl halides is 2. The van der Waals surface area contributed by atoms with Gasteiger partial charge in [-0.3, -0.25) is 4.79 Å². The summed E-state index contributed by atoms with van der Waals surface area (Å²) < 4.78 is 28.5.